The Balaban J connectivity index is 3.55. The van der Waals surface area contributed by atoms with E-state index in [1.807, 2.05) is 26.8 Å². The van der Waals surface area contributed by atoms with E-state index >= 15 is 0 Å². The highest BCUT2D eigenvalue weighted by Crippen LogP contribution is 2.32. The summed E-state index contributed by atoms with van der Waals surface area (Å²) in [6.45, 7) is 7.12. The molecule has 0 fully saturated rings. The Morgan fingerprint density at radius 3 is 1.68 bits per heavy atom. The summed E-state index contributed by atoms with van der Waals surface area (Å²) in [5, 5.41) is 0.705. The first-order valence-electron chi connectivity index (χ1n) is 7.34. The van der Waals surface area contributed by atoms with Crippen LogP contribution in [0.1, 0.15) is 20.8 Å². The van der Waals surface area contributed by atoms with Crippen LogP contribution in [0.2, 0.25) is 0 Å². The van der Waals surface area contributed by atoms with Crippen LogP contribution in [0, 0.1) is 0 Å². The number of hydrogen-bond acceptors (Lipinski definition) is 6. The number of methoxy groups -OCH3 is 3. The fraction of sp³-hybridized carbons (Fsp3) is 0.600. The summed E-state index contributed by atoms with van der Waals surface area (Å²) < 4.78 is 34.1. The van der Waals surface area contributed by atoms with Crippen LogP contribution in [0.25, 0.3) is 0 Å². The van der Waals surface area contributed by atoms with Gasteiger partial charge < -0.3 is 27.5 Å². The molecule has 0 aliphatic rings. The molecule has 0 aliphatic carbocycles. The van der Waals surface area contributed by atoms with Crippen LogP contribution in [-0.4, -0.2) is 50.0 Å². The molecule has 6 nitrogen and oxygen atoms in total. The van der Waals surface area contributed by atoms with Crippen molar-refractivity contribution in [3.8, 4) is 17.2 Å². The molecule has 7 heteroatoms. The van der Waals surface area contributed by atoms with Crippen molar-refractivity contribution in [3.05, 3.63) is 12.1 Å². The summed E-state index contributed by atoms with van der Waals surface area (Å²) in [6.07, 6.45) is 0. The van der Waals surface area contributed by atoms with Gasteiger partial charge in [0.05, 0.1) is 26.5 Å². The van der Waals surface area contributed by atoms with Gasteiger partial charge in [-0.2, -0.15) is 0 Å². The van der Waals surface area contributed by atoms with Crippen LogP contribution >= 0.6 is 0 Å². The van der Waals surface area contributed by atoms with Gasteiger partial charge in [-0.1, -0.05) is 0 Å². The van der Waals surface area contributed by atoms with E-state index in [0.29, 0.717) is 42.3 Å². The molecule has 0 unspecified atom stereocenters. The lowest BCUT2D eigenvalue weighted by Gasteiger charge is -2.30. The maximum absolute atomic E-state index is 5.94. The van der Waals surface area contributed by atoms with Gasteiger partial charge in [0, 0.05) is 25.9 Å². The van der Waals surface area contributed by atoms with Gasteiger partial charge >= 0.3 is 8.80 Å². The van der Waals surface area contributed by atoms with E-state index in [1.165, 1.54) is 0 Å². The smallest absolute Gasteiger partial charge is 0.497 e. The van der Waals surface area contributed by atoms with Crippen molar-refractivity contribution in [1.29, 1.82) is 0 Å². The molecule has 1 aromatic carbocycles. The van der Waals surface area contributed by atoms with E-state index < -0.39 is 8.80 Å². The maximum Gasteiger partial charge on any atom is 0.541 e. The predicted octanol–water partition coefficient (Wildman–Crippen LogP) is 1.97. The molecule has 0 spiro atoms. The third-order valence-electron chi connectivity index (χ3n) is 3.02. The largest absolute Gasteiger partial charge is 0.541 e. The standard InChI is InChI=1S/C15H26O6Si/c1-7-19-22(20-8-2,21-9-3)14-11-12(16-4)10-13(17-5)15(14)18-6/h10-11H,7-9H2,1-6H3. The molecule has 0 heterocycles. The van der Waals surface area contributed by atoms with Gasteiger partial charge in [-0.15, -0.1) is 0 Å². The van der Waals surface area contributed by atoms with Crippen molar-refractivity contribution < 1.29 is 27.5 Å². The first-order valence-corrected chi connectivity index (χ1v) is 9.07. The van der Waals surface area contributed by atoms with Crippen LogP contribution in [0.3, 0.4) is 0 Å². The zero-order valence-electron chi connectivity index (χ0n) is 14.2. The molecular weight excluding hydrogens is 304 g/mol. The van der Waals surface area contributed by atoms with Crippen molar-refractivity contribution in [2.24, 2.45) is 0 Å². The van der Waals surface area contributed by atoms with Crippen LogP contribution in [0.4, 0.5) is 0 Å². The fourth-order valence-corrected chi connectivity index (χ4v) is 4.89. The van der Waals surface area contributed by atoms with Crippen LogP contribution < -0.4 is 19.4 Å². The molecule has 0 atom stereocenters. The molecule has 0 aromatic heterocycles. The summed E-state index contributed by atoms with van der Waals surface area (Å²) in [6, 6.07) is 3.58. The van der Waals surface area contributed by atoms with Gasteiger partial charge in [0.15, 0.2) is 11.5 Å². The highest BCUT2D eigenvalue weighted by molar-refractivity contribution is 6.76. The van der Waals surface area contributed by atoms with Crippen molar-refractivity contribution in [1.82, 2.24) is 0 Å². The Morgan fingerprint density at radius 1 is 0.773 bits per heavy atom. The average Bonchev–Trinajstić information content (AvgIpc) is 2.54. The first-order chi connectivity index (χ1) is 10.6. The van der Waals surface area contributed by atoms with Gasteiger partial charge in [-0.25, -0.2) is 0 Å². The zero-order valence-corrected chi connectivity index (χ0v) is 15.2. The normalized spacial score (nSPS) is 11.4. The minimum Gasteiger partial charge on any atom is -0.497 e. The van der Waals surface area contributed by atoms with Gasteiger partial charge in [0.1, 0.15) is 5.75 Å². The van der Waals surface area contributed by atoms with Crippen LogP contribution in [-0.2, 0) is 13.3 Å². The molecule has 1 rings (SSSR count). The van der Waals surface area contributed by atoms with Crippen molar-refractivity contribution in [2.45, 2.75) is 20.8 Å². The van der Waals surface area contributed by atoms with Crippen LogP contribution in [0.15, 0.2) is 12.1 Å². The van der Waals surface area contributed by atoms with E-state index in [2.05, 4.69) is 0 Å². The summed E-state index contributed by atoms with van der Waals surface area (Å²) in [5.41, 5.74) is 0. The molecule has 0 radical (unpaired) electrons. The summed E-state index contributed by atoms with van der Waals surface area (Å²) >= 11 is 0. The van der Waals surface area contributed by atoms with Gasteiger partial charge in [-0.05, 0) is 26.8 Å². The van der Waals surface area contributed by atoms with E-state index in [0.717, 1.165) is 0 Å². The van der Waals surface area contributed by atoms with Gasteiger partial charge in [0.2, 0.25) is 0 Å². The van der Waals surface area contributed by atoms with E-state index in [-0.39, 0.29) is 0 Å². The second kappa shape index (κ2) is 8.99. The third kappa shape index (κ3) is 3.92. The maximum atomic E-state index is 5.94. The second-order valence-electron chi connectivity index (χ2n) is 4.27. The zero-order chi connectivity index (χ0) is 16.6. The molecule has 0 N–H and O–H groups in total. The summed E-state index contributed by atoms with van der Waals surface area (Å²) in [7, 11) is 1.63. The number of benzene rings is 1. The Kier molecular flexibility index (Phi) is 7.67. The van der Waals surface area contributed by atoms with Crippen molar-refractivity contribution in [2.75, 3.05) is 41.2 Å². The lowest BCUT2D eigenvalue weighted by Crippen LogP contribution is -2.57. The van der Waals surface area contributed by atoms with Gasteiger partial charge in [0.25, 0.3) is 0 Å². The average molecular weight is 330 g/mol. The minimum atomic E-state index is -3.12. The first kappa shape index (κ1) is 18.8. The fourth-order valence-electron chi connectivity index (χ4n) is 2.21. The lowest BCUT2D eigenvalue weighted by atomic mass is 10.3. The third-order valence-corrected chi connectivity index (χ3v) is 6.06. The van der Waals surface area contributed by atoms with E-state index in [4.69, 9.17) is 27.5 Å². The SMILES string of the molecule is CCO[Si](OCC)(OCC)c1cc(OC)cc(OC)c1OC. The van der Waals surface area contributed by atoms with Gasteiger partial charge in [-0.3, -0.25) is 0 Å². The van der Waals surface area contributed by atoms with Crippen molar-refractivity contribution in [3.63, 3.8) is 0 Å². The number of ether oxygens (including phenoxy) is 3. The number of rotatable bonds is 10. The van der Waals surface area contributed by atoms with E-state index in [9.17, 15) is 0 Å². The lowest BCUT2D eigenvalue weighted by molar-refractivity contribution is 0.0852. The molecule has 1 aromatic rings. The quantitative estimate of drug-likeness (QED) is 0.611. The predicted molar refractivity (Wildman–Crippen MR) is 86.4 cm³/mol. The topological polar surface area (TPSA) is 55.4 Å². The number of hydrogen-bond donors (Lipinski definition) is 0. The van der Waals surface area contributed by atoms with Crippen molar-refractivity contribution >= 4 is 14.0 Å². The molecular formula is C15H26O6Si. The molecule has 0 aliphatic heterocycles. The van der Waals surface area contributed by atoms with E-state index in [1.54, 1.807) is 27.4 Å². The molecule has 22 heavy (non-hydrogen) atoms. The molecule has 0 saturated heterocycles. The molecule has 0 saturated carbocycles. The summed E-state index contributed by atoms with van der Waals surface area (Å²) in [4.78, 5) is 0. The Morgan fingerprint density at radius 2 is 1.32 bits per heavy atom. The van der Waals surface area contributed by atoms with Crippen LogP contribution in [0.5, 0.6) is 17.2 Å². The Bertz CT molecular complexity index is 449. The molecule has 0 amide bonds. The second-order valence-corrected chi connectivity index (χ2v) is 6.78. The highest BCUT2D eigenvalue weighted by Gasteiger charge is 2.47. The highest BCUT2D eigenvalue weighted by atomic mass is 28.4. The Labute approximate surface area is 133 Å². The molecule has 0 bridgehead atoms. The summed E-state index contributed by atoms with van der Waals surface area (Å²) in [5.74, 6) is 1.72. The molecule has 126 valence electrons. The Hall–Kier alpha value is -1.28. The monoisotopic (exact) mass is 330 g/mol. The minimum absolute atomic E-state index is 0.467.